The van der Waals surface area contributed by atoms with Gasteiger partial charge in [0.05, 0.1) is 6.54 Å². The molecule has 1 fully saturated rings. The van der Waals surface area contributed by atoms with Crippen molar-refractivity contribution in [2.45, 2.75) is 37.7 Å². The topological polar surface area (TPSA) is 111 Å². The third kappa shape index (κ3) is 8.29. The van der Waals surface area contributed by atoms with E-state index in [0.717, 1.165) is 31.9 Å². The average Bonchev–Trinajstić information content (AvgIpc) is 2.53. The lowest BCUT2D eigenvalue weighted by atomic mass is 10.1. The van der Waals surface area contributed by atoms with Crippen molar-refractivity contribution < 1.29 is 14.7 Å². The third-order valence-corrected chi connectivity index (χ3v) is 5.00. The molecular formula is C15H31N5O3S. The van der Waals surface area contributed by atoms with Crippen LogP contribution in [0.15, 0.2) is 0 Å². The maximum Gasteiger partial charge on any atom is 0.268 e. The third-order valence-electron chi connectivity index (χ3n) is 3.86. The molecule has 1 unspecified atom stereocenters. The van der Waals surface area contributed by atoms with E-state index in [-0.39, 0.29) is 12.5 Å². The summed E-state index contributed by atoms with van der Waals surface area (Å²) in [5, 5.41) is 10.4. The predicted octanol–water partition coefficient (Wildman–Crippen LogP) is -1.40. The number of hydrogen-bond donors (Lipinski definition) is 4. The SMILES string of the molecule is CC(C)SCC[C@@H](N)C(O)C(=O)NNC(=O)CN1CCN(C)CC1. The summed E-state index contributed by atoms with van der Waals surface area (Å²) in [4.78, 5) is 27.9. The highest BCUT2D eigenvalue weighted by Gasteiger charge is 2.23. The van der Waals surface area contributed by atoms with Crippen molar-refractivity contribution in [2.75, 3.05) is 45.5 Å². The van der Waals surface area contributed by atoms with Crippen molar-refractivity contribution in [1.29, 1.82) is 0 Å². The van der Waals surface area contributed by atoms with E-state index in [9.17, 15) is 14.7 Å². The molecule has 140 valence electrons. The number of nitrogens with one attached hydrogen (secondary N) is 2. The van der Waals surface area contributed by atoms with E-state index >= 15 is 0 Å². The number of aliphatic hydroxyl groups is 1. The van der Waals surface area contributed by atoms with Gasteiger partial charge in [0.15, 0.2) is 0 Å². The van der Waals surface area contributed by atoms with E-state index in [1.807, 2.05) is 11.9 Å². The highest BCUT2D eigenvalue weighted by Crippen LogP contribution is 2.12. The van der Waals surface area contributed by atoms with Crippen LogP contribution in [0.5, 0.6) is 0 Å². The minimum Gasteiger partial charge on any atom is -0.382 e. The molecule has 0 saturated carbocycles. The average molecular weight is 362 g/mol. The van der Waals surface area contributed by atoms with Gasteiger partial charge in [0.1, 0.15) is 6.10 Å². The van der Waals surface area contributed by atoms with Crippen LogP contribution in [0.25, 0.3) is 0 Å². The molecule has 1 saturated heterocycles. The van der Waals surface area contributed by atoms with Crippen LogP contribution in [-0.2, 0) is 9.59 Å². The second-order valence-electron chi connectivity index (χ2n) is 6.43. The number of likely N-dealkylation sites (N-methyl/N-ethyl adjacent to an activating group) is 1. The fourth-order valence-electron chi connectivity index (χ4n) is 2.25. The second kappa shape index (κ2) is 10.9. The zero-order valence-corrected chi connectivity index (χ0v) is 15.6. The number of amides is 2. The van der Waals surface area contributed by atoms with Crippen LogP contribution >= 0.6 is 11.8 Å². The fraction of sp³-hybridized carbons (Fsp3) is 0.867. The van der Waals surface area contributed by atoms with Crippen molar-refractivity contribution in [3.63, 3.8) is 0 Å². The molecule has 1 heterocycles. The van der Waals surface area contributed by atoms with E-state index in [0.29, 0.717) is 11.7 Å². The first-order valence-corrected chi connectivity index (χ1v) is 9.39. The maximum atomic E-state index is 11.8. The number of carbonyl (C=O) groups excluding carboxylic acids is 2. The summed E-state index contributed by atoms with van der Waals surface area (Å²) in [6.45, 7) is 7.85. The number of hydrazine groups is 1. The lowest BCUT2D eigenvalue weighted by Gasteiger charge is -2.31. The largest absolute Gasteiger partial charge is 0.382 e. The van der Waals surface area contributed by atoms with Crippen molar-refractivity contribution in [2.24, 2.45) is 5.73 Å². The van der Waals surface area contributed by atoms with Gasteiger partial charge in [-0.1, -0.05) is 13.8 Å². The molecule has 2 atom stereocenters. The highest BCUT2D eigenvalue weighted by molar-refractivity contribution is 7.99. The molecular weight excluding hydrogens is 330 g/mol. The van der Waals surface area contributed by atoms with Gasteiger partial charge in [-0.2, -0.15) is 11.8 Å². The Hall–Kier alpha value is -0.870. The zero-order valence-electron chi connectivity index (χ0n) is 14.8. The number of carbonyl (C=O) groups is 2. The Morgan fingerprint density at radius 3 is 2.42 bits per heavy atom. The first-order valence-electron chi connectivity index (χ1n) is 8.34. The summed E-state index contributed by atoms with van der Waals surface area (Å²) < 4.78 is 0. The summed E-state index contributed by atoms with van der Waals surface area (Å²) in [6, 6.07) is -0.647. The minimum atomic E-state index is -1.33. The van der Waals surface area contributed by atoms with Crippen LogP contribution in [0.4, 0.5) is 0 Å². The molecule has 24 heavy (non-hydrogen) atoms. The van der Waals surface area contributed by atoms with Gasteiger partial charge in [-0.15, -0.1) is 0 Å². The normalized spacial score (nSPS) is 19.1. The Morgan fingerprint density at radius 1 is 1.21 bits per heavy atom. The summed E-state index contributed by atoms with van der Waals surface area (Å²) in [6.07, 6.45) is -0.797. The number of nitrogens with two attached hydrogens (primary N) is 1. The molecule has 0 radical (unpaired) electrons. The van der Waals surface area contributed by atoms with E-state index < -0.39 is 18.1 Å². The van der Waals surface area contributed by atoms with Crippen LogP contribution in [0.2, 0.25) is 0 Å². The quantitative estimate of drug-likeness (QED) is 0.394. The maximum absolute atomic E-state index is 11.8. The fourth-order valence-corrected chi connectivity index (χ4v) is 3.13. The molecule has 1 rings (SSSR count). The molecule has 8 nitrogen and oxygen atoms in total. The number of piperazine rings is 1. The van der Waals surface area contributed by atoms with E-state index in [2.05, 4.69) is 29.6 Å². The second-order valence-corrected chi connectivity index (χ2v) is 8.12. The first kappa shape index (κ1) is 21.2. The lowest BCUT2D eigenvalue weighted by molar-refractivity contribution is -0.135. The first-order chi connectivity index (χ1) is 11.3. The molecule has 1 aliphatic heterocycles. The molecule has 0 aromatic heterocycles. The highest BCUT2D eigenvalue weighted by atomic mass is 32.2. The molecule has 0 bridgehead atoms. The molecule has 2 amide bonds. The Bertz CT molecular complexity index is 403. The molecule has 1 aliphatic rings. The molecule has 5 N–H and O–H groups in total. The Balaban J connectivity index is 2.22. The zero-order chi connectivity index (χ0) is 18.1. The van der Waals surface area contributed by atoms with E-state index in [4.69, 9.17) is 5.73 Å². The van der Waals surface area contributed by atoms with Gasteiger partial charge in [0.25, 0.3) is 11.8 Å². The molecule has 0 aliphatic carbocycles. The van der Waals surface area contributed by atoms with Crippen LogP contribution < -0.4 is 16.6 Å². The summed E-state index contributed by atoms with van der Waals surface area (Å²) in [5.41, 5.74) is 10.4. The number of hydrogen-bond acceptors (Lipinski definition) is 7. The number of rotatable bonds is 8. The van der Waals surface area contributed by atoms with Crippen molar-refractivity contribution >= 4 is 23.6 Å². The Morgan fingerprint density at radius 2 is 1.83 bits per heavy atom. The van der Waals surface area contributed by atoms with E-state index in [1.54, 1.807) is 11.8 Å². The van der Waals surface area contributed by atoms with Gasteiger partial charge in [0, 0.05) is 32.2 Å². The predicted molar refractivity (Wildman–Crippen MR) is 96.4 cm³/mol. The van der Waals surface area contributed by atoms with Gasteiger partial charge < -0.3 is 15.7 Å². The van der Waals surface area contributed by atoms with Gasteiger partial charge >= 0.3 is 0 Å². The summed E-state index contributed by atoms with van der Waals surface area (Å²) >= 11 is 1.73. The lowest BCUT2D eigenvalue weighted by Crippen LogP contribution is -2.55. The molecule has 0 aromatic rings. The van der Waals surface area contributed by atoms with Gasteiger partial charge in [-0.05, 0) is 24.5 Å². The van der Waals surface area contributed by atoms with Crippen LogP contribution in [-0.4, -0.2) is 89.6 Å². The van der Waals surface area contributed by atoms with Crippen LogP contribution in [0, 0.1) is 0 Å². The Kier molecular flexibility index (Phi) is 9.60. The Labute approximate surface area is 148 Å². The summed E-state index contributed by atoms with van der Waals surface area (Å²) in [5.74, 6) is -0.202. The minimum absolute atomic E-state index is 0.224. The monoisotopic (exact) mass is 361 g/mol. The van der Waals surface area contributed by atoms with Crippen LogP contribution in [0.1, 0.15) is 20.3 Å². The van der Waals surface area contributed by atoms with Crippen molar-refractivity contribution in [1.82, 2.24) is 20.7 Å². The molecule has 9 heteroatoms. The van der Waals surface area contributed by atoms with Gasteiger partial charge in [-0.3, -0.25) is 25.3 Å². The van der Waals surface area contributed by atoms with E-state index in [1.165, 1.54) is 0 Å². The summed E-state index contributed by atoms with van der Waals surface area (Å²) in [7, 11) is 2.04. The smallest absolute Gasteiger partial charge is 0.268 e. The van der Waals surface area contributed by atoms with Crippen LogP contribution in [0.3, 0.4) is 0 Å². The number of aliphatic hydroxyl groups excluding tert-OH is 1. The van der Waals surface area contributed by atoms with Crippen molar-refractivity contribution in [3.05, 3.63) is 0 Å². The van der Waals surface area contributed by atoms with Crippen molar-refractivity contribution in [3.8, 4) is 0 Å². The molecule has 0 aromatic carbocycles. The number of thioether (sulfide) groups is 1. The number of nitrogens with zero attached hydrogens (tertiary/aromatic N) is 2. The molecule has 0 spiro atoms. The standard InChI is InChI=1S/C15H31N5O3S/c1-11(2)24-9-4-12(16)14(22)15(23)18-17-13(21)10-20-7-5-19(3)6-8-20/h11-12,14,22H,4-10,16H2,1-3H3,(H,17,21)(H,18,23)/t12-,14?/m1/s1. The van der Waals surface area contributed by atoms with Gasteiger partial charge in [0.2, 0.25) is 0 Å². The van der Waals surface area contributed by atoms with Gasteiger partial charge in [-0.25, -0.2) is 0 Å².